The van der Waals surface area contributed by atoms with E-state index in [-0.39, 0.29) is 17.8 Å². The van der Waals surface area contributed by atoms with Gasteiger partial charge >= 0.3 is 5.97 Å². The summed E-state index contributed by atoms with van der Waals surface area (Å²) in [4.78, 5) is 23.6. The largest absolute Gasteiger partial charge is 0.478 e. The maximum atomic E-state index is 11.5. The van der Waals surface area contributed by atoms with E-state index in [1.807, 2.05) is 12.1 Å². The van der Waals surface area contributed by atoms with Gasteiger partial charge in [0, 0.05) is 28.9 Å². The summed E-state index contributed by atoms with van der Waals surface area (Å²) in [6.07, 6.45) is 0. The number of aromatic carboxylic acids is 1. The molecule has 0 fully saturated rings. The van der Waals surface area contributed by atoms with Gasteiger partial charge in [0.1, 0.15) is 0 Å². The number of rotatable bonds is 7. The molecule has 3 aromatic carbocycles. The molecule has 142 valence electrons. The summed E-state index contributed by atoms with van der Waals surface area (Å²) in [5.41, 5.74) is 7.71. The third-order valence-corrected chi connectivity index (χ3v) is 5.16. The standard InChI is InChI=1S/C20H17N3O4S/c21-15-6-2-4-8-18(15)28-19-10-9-13(11-17(19)23(26)27)12-22-16-7-3-1-5-14(16)20(24)25/h1-11,22H,12,21H2,(H,24,25). The number of nitrogens with one attached hydrogen (secondary N) is 1. The first-order valence-electron chi connectivity index (χ1n) is 8.31. The Labute approximate surface area is 165 Å². The highest BCUT2D eigenvalue weighted by Crippen LogP contribution is 2.37. The molecule has 0 amide bonds. The maximum Gasteiger partial charge on any atom is 0.337 e. The van der Waals surface area contributed by atoms with Crippen LogP contribution in [-0.2, 0) is 6.54 Å². The molecule has 0 saturated carbocycles. The summed E-state index contributed by atoms with van der Waals surface area (Å²) in [6.45, 7) is 0.254. The number of benzene rings is 3. The Bertz CT molecular complexity index is 1040. The van der Waals surface area contributed by atoms with Gasteiger partial charge in [-0.1, -0.05) is 42.1 Å². The zero-order valence-corrected chi connectivity index (χ0v) is 15.5. The van der Waals surface area contributed by atoms with Gasteiger partial charge in [0.25, 0.3) is 5.69 Å². The Hall–Kier alpha value is -3.52. The van der Waals surface area contributed by atoms with Crippen LogP contribution in [0.2, 0.25) is 0 Å². The third kappa shape index (κ3) is 4.41. The average molecular weight is 395 g/mol. The van der Waals surface area contributed by atoms with Gasteiger partial charge in [0.15, 0.2) is 0 Å². The molecule has 0 radical (unpaired) electrons. The van der Waals surface area contributed by atoms with Gasteiger partial charge in [-0.05, 0) is 35.9 Å². The quantitative estimate of drug-likeness (QED) is 0.303. The van der Waals surface area contributed by atoms with Crippen LogP contribution in [-0.4, -0.2) is 16.0 Å². The lowest BCUT2D eigenvalue weighted by Crippen LogP contribution is -2.06. The Morgan fingerprint density at radius 3 is 2.50 bits per heavy atom. The smallest absolute Gasteiger partial charge is 0.337 e. The molecule has 0 bridgehead atoms. The lowest BCUT2D eigenvalue weighted by atomic mass is 10.1. The Kier molecular flexibility index (Phi) is 5.81. The van der Waals surface area contributed by atoms with E-state index in [0.29, 0.717) is 21.8 Å². The first kappa shape index (κ1) is 19.2. The lowest BCUT2D eigenvalue weighted by Gasteiger charge is -2.11. The van der Waals surface area contributed by atoms with Crippen molar-refractivity contribution in [3.05, 3.63) is 88.0 Å². The molecule has 0 aliphatic rings. The van der Waals surface area contributed by atoms with E-state index in [2.05, 4.69) is 5.32 Å². The van der Waals surface area contributed by atoms with Crippen LogP contribution < -0.4 is 11.1 Å². The van der Waals surface area contributed by atoms with Gasteiger partial charge in [-0.3, -0.25) is 10.1 Å². The summed E-state index contributed by atoms with van der Waals surface area (Å²) >= 11 is 1.23. The summed E-state index contributed by atoms with van der Waals surface area (Å²) in [5.74, 6) is -1.04. The number of carboxylic acid groups (broad SMARTS) is 1. The fourth-order valence-corrected chi connectivity index (χ4v) is 3.56. The van der Waals surface area contributed by atoms with Gasteiger partial charge < -0.3 is 16.2 Å². The van der Waals surface area contributed by atoms with Gasteiger partial charge in [-0.15, -0.1) is 0 Å². The number of nitrogens with zero attached hydrogens (tertiary/aromatic N) is 1. The number of carbonyl (C=O) groups is 1. The minimum Gasteiger partial charge on any atom is -0.478 e. The molecule has 0 aliphatic carbocycles. The molecule has 0 atom stereocenters. The van der Waals surface area contributed by atoms with Crippen LogP contribution in [0.15, 0.2) is 76.5 Å². The minimum absolute atomic E-state index is 0.0286. The lowest BCUT2D eigenvalue weighted by molar-refractivity contribution is -0.387. The summed E-state index contributed by atoms with van der Waals surface area (Å²) in [7, 11) is 0. The van der Waals surface area contributed by atoms with Gasteiger partial charge in [-0.25, -0.2) is 4.79 Å². The fraction of sp³-hybridized carbons (Fsp3) is 0.0500. The van der Waals surface area contributed by atoms with Crippen LogP contribution in [0, 0.1) is 10.1 Å². The van der Waals surface area contributed by atoms with Crippen LogP contribution in [0.4, 0.5) is 17.1 Å². The van der Waals surface area contributed by atoms with Crippen LogP contribution in [0.3, 0.4) is 0 Å². The predicted molar refractivity (Wildman–Crippen MR) is 109 cm³/mol. The van der Waals surface area contributed by atoms with Crippen molar-refractivity contribution < 1.29 is 14.8 Å². The first-order valence-corrected chi connectivity index (χ1v) is 9.13. The second-order valence-electron chi connectivity index (χ2n) is 5.90. The number of nitrogen functional groups attached to an aromatic ring is 1. The molecule has 0 saturated heterocycles. The van der Waals surface area contributed by atoms with Crippen molar-refractivity contribution in [2.45, 2.75) is 16.3 Å². The zero-order valence-electron chi connectivity index (χ0n) is 14.7. The van der Waals surface area contributed by atoms with Crippen LogP contribution in [0.25, 0.3) is 0 Å². The highest BCUT2D eigenvalue weighted by molar-refractivity contribution is 7.99. The molecule has 7 nitrogen and oxygen atoms in total. The van der Waals surface area contributed by atoms with E-state index >= 15 is 0 Å². The number of nitro groups is 1. The molecule has 4 N–H and O–H groups in total. The molecule has 0 aromatic heterocycles. The van der Waals surface area contributed by atoms with Crippen molar-refractivity contribution in [1.82, 2.24) is 0 Å². The van der Waals surface area contributed by atoms with E-state index in [0.717, 1.165) is 4.90 Å². The van der Waals surface area contributed by atoms with Gasteiger partial charge in [0.05, 0.1) is 15.4 Å². The molecular formula is C20H17N3O4S. The summed E-state index contributed by atoms with van der Waals surface area (Å²) in [6, 6.07) is 18.6. The van der Waals surface area contributed by atoms with Crippen LogP contribution >= 0.6 is 11.8 Å². The predicted octanol–water partition coefficient (Wildman–Crippen LogP) is 4.64. The molecule has 0 heterocycles. The van der Waals surface area contributed by atoms with E-state index in [1.165, 1.54) is 23.9 Å². The van der Waals surface area contributed by atoms with E-state index < -0.39 is 10.9 Å². The second kappa shape index (κ2) is 8.45. The highest BCUT2D eigenvalue weighted by Gasteiger charge is 2.17. The van der Waals surface area contributed by atoms with Crippen molar-refractivity contribution in [2.75, 3.05) is 11.1 Å². The average Bonchev–Trinajstić information content (AvgIpc) is 2.69. The topological polar surface area (TPSA) is 118 Å². The fourth-order valence-electron chi connectivity index (χ4n) is 2.61. The van der Waals surface area contributed by atoms with Gasteiger partial charge in [0.2, 0.25) is 0 Å². The number of hydrogen-bond donors (Lipinski definition) is 3. The molecule has 28 heavy (non-hydrogen) atoms. The molecule has 3 rings (SSSR count). The van der Waals surface area contributed by atoms with Crippen LogP contribution in [0.5, 0.6) is 0 Å². The van der Waals surface area contributed by atoms with Crippen molar-refractivity contribution in [3.8, 4) is 0 Å². The Morgan fingerprint density at radius 2 is 1.79 bits per heavy atom. The van der Waals surface area contributed by atoms with Crippen molar-refractivity contribution in [3.63, 3.8) is 0 Å². The zero-order chi connectivity index (χ0) is 20.1. The Morgan fingerprint density at radius 1 is 1.07 bits per heavy atom. The maximum absolute atomic E-state index is 11.5. The molecule has 0 unspecified atom stereocenters. The van der Waals surface area contributed by atoms with E-state index in [9.17, 15) is 20.0 Å². The number of hydrogen-bond acceptors (Lipinski definition) is 6. The number of carboxylic acids is 1. The van der Waals surface area contributed by atoms with E-state index in [4.69, 9.17) is 5.73 Å². The van der Waals surface area contributed by atoms with Gasteiger partial charge in [-0.2, -0.15) is 0 Å². The number of anilines is 2. The molecular weight excluding hydrogens is 378 g/mol. The SMILES string of the molecule is Nc1ccccc1Sc1ccc(CNc2ccccc2C(=O)O)cc1[N+](=O)[O-]. The third-order valence-electron chi connectivity index (χ3n) is 4.00. The van der Waals surface area contributed by atoms with Crippen molar-refractivity contribution in [2.24, 2.45) is 0 Å². The second-order valence-corrected chi connectivity index (χ2v) is 6.99. The van der Waals surface area contributed by atoms with Crippen molar-refractivity contribution in [1.29, 1.82) is 0 Å². The monoisotopic (exact) mass is 395 g/mol. The number of para-hydroxylation sites is 2. The molecule has 8 heteroatoms. The molecule has 0 aliphatic heterocycles. The highest BCUT2D eigenvalue weighted by atomic mass is 32.2. The molecule has 0 spiro atoms. The minimum atomic E-state index is -1.04. The summed E-state index contributed by atoms with van der Waals surface area (Å²) in [5, 5.41) is 23.8. The summed E-state index contributed by atoms with van der Waals surface area (Å²) < 4.78 is 0. The molecule has 3 aromatic rings. The van der Waals surface area contributed by atoms with Crippen molar-refractivity contribution >= 4 is 34.8 Å². The van der Waals surface area contributed by atoms with Crippen LogP contribution in [0.1, 0.15) is 15.9 Å². The van der Waals surface area contributed by atoms with E-state index in [1.54, 1.807) is 42.5 Å². The number of nitro benzene ring substituents is 1. The normalized spacial score (nSPS) is 10.4. The Balaban J connectivity index is 1.83. The number of nitrogens with two attached hydrogens (primary N) is 1. The first-order chi connectivity index (χ1) is 13.5.